The highest BCUT2D eigenvalue weighted by Gasteiger charge is 2.33. The summed E-state index contributed by atoms with van der Waals surface area (Å²) in [5.74, 6) is -0.337. The largest absolute Gasteiger partial charge is 0.438 e. The van der Waals surface area contributed by atoms with Gasteiger partial charge in [-0.25, -0.2) is 13.6 Å². The van der Waals surface area contributed by atoms with Crippen molar-refractivity contribution in [2.45, 2.75) is 24.0 Å². The normalized spacial score (nSPS) is 17.7. The van der Waals surface area contributed by atoms with Gasteiger partial charge in [0.2, 0.25) is 5.09 Å². The van der Waals surface area contributed by atoms with Gasteiger partial charge in [0.15, 0.2) is 5.76 Å². The van der Waals surface area contributed by atoms with E-state index < -0.39 is 15.1 Å². The number of sulfonamides is 1. The number of hydrogen-bond acceptors (Lipinski definition) is 4. The van der Waals surface area contributed by atoms with Gasteiger partial charge in [-0.2, -0.15) is 0 Å². The third-order valence-corrected chi connectivity index (χ3v) is 5.55. The lowest BCUT2D eigenvalue weighted by Crippen LogP contribution is -2.30. The molecule has 1 atom stereocenters. The molecule has 0 spiro atoms. The van der Waals surface area contributed by atoms with Gasteiger partial charge >= 0.3 is 0 Å². The number of fused-ring (bicyclic) bond motifs is 1. The number of rotatable bonds is 3. The minimum absolute atomic E-state index is 0.0128. The van der Waals surface area contributed by atoms with Gasteiger partial charge in [0.1, 0.15) is 0 Å². The number of benzene rings is 2. The van der Waals surface area contributed by atoms with Gasteiger partial charge in [0, 0.05) is 6.54 Å². The maximum Gasteiger partial charge on any atom is 0.290 e. The van der Waals surface area contributed by atoms with Crippen LogP contribution in [0.25, 0.3) is 10.8 Å². The van der Waals surface area contributed by atoms with E-state index in [0.717, 1.165) is 29.2 Å². The van der Waals surface area contributed by atoms with Crippen LogP contribution in [0, 0.1) is 0 Å². The van der Waals surface area contributed by atoms with Crippen LogP contribution in [0.5, 0.6) is 0 Å². The van der Waals surface area contributed by atoms with Gasteiger partial charge in [-0.3, -0.25) is 4.79 Å². The molecule has 1 aromatic heterocycles. The third-order valence-electron chi connectivity index (χ3n) is 4.77. The van der Waals surface area contributed by atoms with E-state index in [1.807, 2.05) is 36.4 Å². The maximum atomic E-state index is 12.9. The Morgan fingerprint density at radius 1 is 1.08 bits per heavy atom. The first kappa shape index (κ1) is 16.8. The van der Waals surface area contributed by atoms with Crippen LogP contribution in [0.4, 0.5) is 0 Å². The Morgan fingerprint density at radius 2 is 1.85 bits per heavy atom. The molecule has 1 aliphatic heterocycles. The number of carbonyl (C=O) groups is 1. The predicted molar refractivity (Wildman–Crippen MR) is 97.0 cm³/mol. The van der Waals surface area contributed by atoms with Crippen LogP contribution in [0.15, 0.2) is 64.1 Å². The number of nitrogens with two attached hydrogens (primary N) is 1. The fourth-order valence-electron chi connectivity index (χ4n) is 3.60. The summed E-state index contributed by atoms with van der Waals surface area (Å²) in [6.07, 6.45) is 1.73. The number of amides is 1. The smallest absolute Gasteiger partial charge is 0.290 e. The van der Waals surface area contributed by atoms with Crippen molar-refractivity contribution < 1.29 is 17.6 Å². The highest BCUT2D eigenvalue weighted by molar-refractivity contribution is 7.89. The molecule has 4 rings (SSSR count). The monoisotopic (exact) mass is 370 g/mol. The number of primary sulfonamides is 1. The van der Waals surface area contributed by atoms with E-state index in [1.165, 1.54) is 12.1 Å². The van der Waals surface area contributed by atoms with E-state index in [1.54, 1.807) is 4.90 Å². The van der Waals surface area contributed by atoms with Crippen LogP contribution in [0.3, 0.4) is 0 Å². The Kier molecular flexibility index (Phi) is 4.05. The zero-order chi connectivity index (χ0) is 18.3. The molecule has 3 aromatic rings. The summed E-state index contributed by atoms with van der Waals surface area (Å²) in [5, 5.41) is 6.90. The molecule has 6 nitrogen and oxygen atoms in total. The molecule has 0 radical (unpaired) electrons. The molecule has 0 unspecified atom stereocenters. The first-order valence-corrected chi connectivity index (χ1v) is 9.91. The molecule has 0 saturated carbocycles. The Balaban J connectivity index is 1.70. The molecule has 26 heavy (non-hydrogen) atoms. The maximum absolute atomic E-state index is 12.9. The lowest BCUT2D eigenvalue weighted by atomic mass is 9.97. The number of hydrogen-bond donors (Lipinski definition) is 1. The van der Waals surface area contributed by atoms with Crippen molar-refractivity contribution in [3.05, 3.63) is 65.9 Å². The summed E-state index contributed by atoms with van der Waals surface area (Å²) in [6.45, 7) is 0.595. The molecule has 1 fully saturated rings. The molecule has 134 valence electrons. The van der Waals surface area contributed by atoms with Crippen molar-refractivity contribution in [2.24, 2.45) is 5.14 Å². The fourth-order valence-corrected chi connectivity index (χ4v) is 4.07. The third kappa shape index (κ3) is 2.89. The van der Waals surface area contributed by atoms with Crippen molar-refractivity contribution >= 4 is 26.7 Å². The molecule has 2 aromatic carbocycles. The van der Waals surface area contributed by atoms with Crippen molar-refractivity contribution in [3.8, 4) is 0 Å². The molecule has 1 saturated heterocycles. The summed E-state index contributed by atoms with van der Waals surface area (Å²) in [5.41, 5.74) is 1.09. The molecule has 2 heterocycles. The highest BCUT2D eigenvalue weighted by atomic mass is 32.2. The summed E-state index contributed by atoms with van der Waals surface area (Å²) < 4.78 is 28.0. The van der Waals surface area contributed by atoms with Crippen LogP contribution in [-0.2, 0) is 10.0 Å². The van der Waals surface area contributed by atoms with E-state index in [-0.39, 0.29) is 17.7 Å². The summed E-state index contributed by atoms with van der Waals surface area (Å²) >= 11 is 0. The van der Waals surface area contributed by atoms with Gasteiger partial charge < -0.3 is 9.32 Å². The zero-order valence-electron chi connectivity index (χ0n) is 14.0. The lowest BCUT2D eigenvalue weighted by molar-refractivity contribution is 0.0698. The predicted octanol–water partition coefficient (Wildman–Crippen LogP) is 3.06. The molecule has 1 aliphatic rings. The minimum atomic E-state index is -3.97. The van der Waals surface area contributed by atoms with Gasteiger partial charge in [-0.05, 0) is 41.3 Å². The number of furan rings is 1. The second-order valence-corrected chi connectivity index (χ2v) is 7.88. The number of carbonyl (C=O) groups excluding carboxylic acids is 1. The molecule has 1 amide bonds. The highest BCUT2D eigenvalue weighted by Crippen LogP contribution is 2.37. The minimum Gasteiger partial charge on any atom is -0.438 e. The Morgan fingerprint density at radius 3 is 2.62 bits per heavy atom. The molecule has 0 aliphatic carbocycles. The van der Waals surface area contributed by atoms with E-state index in [9.17, 15) is 13.2 Å². The zero-order valence-corrected chi connectivity index (χ0v) is 14.8. The van der Waals surface area contributed by atoms with Crippen molar-refractivity contribution in [3.63, 3.8) is 0 Å². The molecular weight excluding hydrogens is 352 g/mol. The molecule has 7 heteroatoms. The van der Waals surface area contributed by atoms with Crippen LogP contribution < -0.4 is 5.14 Å². The van der Waals surface area contributed by atoms with Crippen molar-refractivity contribution in [1.82, 2.24) is 4.90 Å². The van der Waals surface area contributed by atoms with E-state index in [0.29, 0.717) is 6.54 Å². The molecule has 0 bridgehead atoms. The Hall–Kier alpha value is -2.64. The van der Waals surface area contributed by atoms with Gasteiger partial charge in [0.25, 0.3) is 15.9 Å². The van der Waals surface area contributed by atoms with Gasteiger partial charge in [-0.15, -0.1) is 0 Å². The standard InChI is InChI=1S/C19H18N2O4S/c20-26(23,24)18-11-10-17(25-18)19(22)21-12-4-9-16(21)15-8-3-6-13-5-1-2-7-14(13)15/h1-3,5-8,10-11,16H,4,9,12H2,(H2,20,23,24)/t16-/m0/s1. The fraction of sp³-hybridized carbons (Fsp3) is 0.211. The summed E-state index contributed by atoms with van der Waals surface area (Å²) in [6, 6.07) is 16.6. The van der Waals surface area contributed by atoms with Crippen LogP contribution in [-0.4, -0.2) is 25.8 Å². The first-order valence-electron chi connectivity index (χ1n) is 8.36. The second-order valence-electron chi connectivity index (χ2n) is 6.39. The average molecular weight is 370 g/mol. The van der Waals surface area contributed by atoms with Gasteiger partial charge in [0.05, 0.1) is 6.04 Å². The van der Waals surface area contributed by atoms with E-state index in [2.05, 4.69) is 6.07 Å². The van der Waals surface area contributed by atoms with Crippen LogP contribution >= 0.6 is 0 Å². The SMILES string of the molecule is NS(=O)(=O)c1ccc(C(=O)N2CCC[C@H]2c2cccc3ccccc23)o1. The molecular formula is C19H18N2O4S. The number of nitrogens with zero attached hydrogens (tertiary/aromatic N) is 1. The summed E-state index contributed by atoms with van der Waals surface area (Å²) in [4.78, 5) is 14.6. The van der Waals surface area contributed by atoms with E-state index >= 15 is 0 Å². The lowest BCUT2D eigenvalue weighted by Gasteiger charge is -2.25. The van der Waals surface area contributed by atoms with Crippen LogP contribution in [0.1, 0.15) is 35.0 Å². The molecule has 2 N–H and O–H groups in total. The van der Waals surface area contributed by atoms with E-state index in [4.69, 9.17) is 9.56 Å². The van der Waals surface area contributed by atoms with Crippen LogP contribution in [0.2, 0.25) is 0 Å². The second kappa shape index (κ2) is 6.26. The Bertz CT molecular complexity index is 1080. The Labute approximate surface area is 151 Å². The summed E-state index contributed by atoms with van der Waals surface area (Å²) in [7, 11) is -3.97. The average Bonchev–Trinajstić information content (AvgIpc) is 3.30. The van der Waals surface area contributed by atoms with Crippen molar-refractivity contribution in [1.29, 1.82) is 0 Å². The number of likely N-dealkylation sites (tertiary alicyclic amines) is 1. The van der Waals surface area contributed by atoms with Gasteiger partial charge in [-0.1, -0.05) is 42.5 Å². The first-order chi connectivity index (χ1) is 12.4. The van der Waals surface area contributed by atoms with Crippen molar-refractivity contribution in [2.75, 3.05) is 6.54 Å². The quantitative estimate of drug-likeness (QED) is 0.767. The topological polar surface area (TPSA) is 93.6 Å².